The van der Waals surface area contributed by atoms with Crippen LogP contribution in [-0.4, -0.2) is 78.8 Å². The van der Waals surface area contributed by atoms with Gasteiger partial charge in [0.25, 0.3) is 0 Å². The zero-order chi connectivity index (χ0) is 22.7. The lowest BCUT2D eigenvalue weighted by Gasteiger charge is -2.39. The van der Waals surface area contributed by atoms with E-state index in [0.717, 1.165) is 17.7 Å². The van der Waals surface area contributed by atoms with Gasteiger partial charge in [-0.2, -0.15) is 0 Å². The Balaban J connectivity index is 1.71. The Kier molecular flexibility index (Phi) is 6.98. The zero-order valence-electron chi connectivity index (χ0n) is 16.3. The number of aryl methyl sites for hydroxylation is 1. The highest BCUT2D eigenvalue weighted by atomic mass is 16.7. The molecule has 0 saturated carbocycles. The van der Waals surface area contributed by atoms with E-state index in [1.165, 1.54) is 12.1 Å². The summed E-state index contributed by atoms with van der Waals surface area (Å²) in [7, 11) is 0. The van der Waals surface area contributed by atoms with Gasteiger partial charge >= 0.3 is 0 Å². The van der Waals surface area contributed by atoms with Crippen LogP contribution >= 0.6 is 0 Å². The fraction of sp³-hybridized carbons (Fsp3) is 0.381. The van der Waals surface area contributed by atoms with E-state index in [0.29, 0.717) is 6.42 Å². The predicted molar refractivity (Wildman–Crippen MR) is 105 cm³/mol. The van der Waals surface area contributed by atoms with Crippen LogP contribution in [-0.2, 0) is 11.2 Å². The average Bonchev–Trinajstić information content (AvgIpc) is 2.73. The first-order chi connectivity index (χ1) is 14.7. The van der Waals surface area contributed by atoms with Gasteiger partial charge in [0.15, 0.2) is 5.78 Å². The first-order valence-electron chi connectivity index (χ1n) is 9.55. The van der Waals surface area contributed by atoms with Crippen LogP contribution in [0.15, 0.2) is 36.4 Å². The number of phenols is 3. The minimum atomic E-state index is -1.67. The maximum Gasteiger partial charge on any atom is 0.229 e. The Morgan fingerprint density at radius 3 is 2.13 bits per heavy atom. The SMILES string of the molecule is O=C(CCc1ccc(O)cc1)c1c(O)cc(O[C@H]2O[C@H](CO)[C@@H](O)[C@H](O)[C@H]2O)cc1O. The van der Waals surface area contributed by atoms with Crippen molar-refractivity contribution in [1.82, 2.24) is 0 Å². The number of carbonyl (C=O) groups excluding carboxylic acids is 1. The minimum Gasteiger partial charge on any atom is -0.508 e. The van der Waals surface area contributed by atoms with Crippen molar-refractivity contribution >= 4 is 5.78 Å². The molecule has 0 radical (unpaired) electrons. The topological polar surface area (TPSA) is 177 Å². The molecule has 3 rings (SSSR count). The molecule has 0 bridgehead atoms. The molecule has 1 aliphatic heterocycles. The van der Waals surface area contributed by atoms with Gasteiger partial charge in [-0.05, 0) is 24.1 Å². The molecule has 1 aliphatic rings. The van der Waals surface area contributed by atoms with Gasteiger partial charge in [-0.1, -0.05) is 12.1 Å². The van der Waals surface area contributed by atoms with E-state index in [1.807, 2.05) is 0 Å². The van der Waals surface area contributed by atoms with Gasteiger partial charge in [0.05, 0.1) is 6.61 Å². The van der Waals surface area contributed by atoms with Crippen LogP contribution in [0.5, 0.6) is 23.0 Å². The zero-order valence-corrected chi connectivity index (χ0v) is 16.3. The second-order valence-corrected chi connectivity index (χ2v) is 7.24. The van der Waals surface area contributed by atoms with E-state index in [-0.39, 0.29) is 23.5 Å². The molecular formula is C21H24O10. The Bertz CT molecular complexity index is 888. The van der Waals surface area contributed by atoms with Crippen molar-refractivity contribution in [2.45, 2.75) is 43.5 Å². The predicted octanol–water partition coefficient (Wildman–Crippen LogP) is -0.202. The number of ether oxygens (including phenoxy) is 2. The van der Waals surface area contributed by atoms with Crippen LogP contribution in [0.2, 0.25) is 0 Å². The number of carbonyl (C=O) groups is 1. The van der Waals surface area contributed by atoms with Crippen molar-refractivity contribution in [3.05, 3.63) is 47.5 Å². The summed E-state index contributed by atoms with van der Waals surface area (Å²) >= 11 is 0. The molecule has 2 aromatic rings. The summed E-state index contributed by atoms with van der Waals surface area (Å²) in [6.07, 6.45) is -7.28. The largest absolute Gasteiger partial charge is 0.508 e. The number of aliphatic hydroxyl groups excluding tert-OH is 4. The molecule has 5 atom stereocenters. The highest BCUT2D eigenvalue weighted by Gasteiger charge is 2.44. The van der Waals surface area contributed by atoms with Crippen LogP contribution < -0.4 is 4.74 Å². The van der Waals surface area contributed by atoms with E-state index in [2.05, 4.69) is 0 Å². The molecular weight excluding hydrogens is 412 g/mol. The van der Waals surface area contributed by atoms with Crippen LogP contribution in [0, 0.1) is 0 Å². The molecule has 10 nitrogen and oxygen atoms in total. The monoisotopic (exact) mass is 436 g/mol. The summed E-state index contributed by atoms with van der Waals surface area (Å²) in [6.45, 7) is -0.643. The first kappa shape index (κ1) is 22.8. The maximum absolute atomic E-state index is 12.5. The third-order valence-electron chi connectivity index (χ3n) is 5.03. The number of rotatable bonds is 7. The maximum atomic E-state index is 12.5. The Morgan fingerprint density at radius 1 is 0.935 bits per heavy atom. The molecule has 31 heavy (non-hydrogen) atoms. The van der Waals surface area contributed by atoms with Crippen molar-refractivity contribution in [2.75, 3.05) is 6.61 Å². The molecule has 2 aromatic carbocycles. The summed E-state index contributed by atoms with van der Waals surface area (Å²) in [5.41, 5.74) is 0.479. The Labute approximate surface area is 177 Å². The van der Waals surface area contributed by atoms with Crippen LogP contribution in [0.3, 0.4) is 0 Å². The number of aromatic hydroxyl groups is 3. The fourth-order valence-corrected chi connectivity index (χ4v) is 3.28. The standard InChI is InChI=1S/C21H24O10/c22-9-16-18(27)19(28)20(29)21(31-16)30-12-7-14(25)17(15(26)8-12)13(24)6-3-10-1-4-11(23)5-2-10/h1-2,4-5,7-8,16,18-23,25-29H,3,6,9H2/t16-,18-,19+,20-,21+/m1/s1. The van der Waals surface area contributed by atoms with Crippen molar-refractivity contribution in [1.29, 1.82) is 0 Å². The summed E-state index contributed by atoms with van der Waals surface area (Å²) in [4.78, 5) is 12.5. The van der Waals surface area contributed by atoms with E-state index in [4.69, 9.17) is 9.47 Å². The normalized spacial score (nSPS) is 25.9. The number of ketones is 1. The molecule has 1 heterocycles. The molecule has 168 valence electrons. The highest BCUT2D eigenvalue weighted by molar-refractivity contribution is 6.01. The van der Waals surface area contributed by atoms with Gasteiger partial charge in [-0.15, -0.1) is 0 Å². The summed E-state index contributed by atoms with van der Waals surface area (Å²) < 4.78 is 10.6. The Hall–Kier alpha value is -2.89. The van der Waals surface area contributed by atoms with Crippen molar-refractivity contribution in [2.24, 2.45) is 0 Å². The number of Topliss-reactive ketones (excluding diaryl/α,β-unsaturated/α-hetero) is 1. The third kappa shape index (κ3) is 5.06. The number of hydrogen-bond acceptors (Lipinski definition) is 10. The van der Waals surface area contributed by atoms with Gasteiger partial charge < -0.3 is 45.2 Å². The fourth-order valence-electron chi connectivity index (χ4n) is 3.28. The van der Waals surface area contributed by atoms with Crippen molar-refractivity contribution < 1.29 is 50.0 Å². The minimum absolute atomic E-state index is 0.0151. The van der Waals surface area contributed by atoms with E-state index in [9.17, 15) is 40.5 Å². The third-order valence-corrected chi connectivity index (χ3v) is 5.03. The molecule has 1 fully saturated rings. The van der Waals surface area contributed by atoms with Gasteiger partial charge in [0.1, 0.15) is 53.0 Å². The summed E-state index contributed by atoms with van der Waals surface area (Å²) in [5, 5.41) is 68.6. The van der Waals surface area contributed by atoms with Gasteiger partial charge in [0.2, 0.25) is 6.29 Å². The second kappa shape index (κ2) is 9.50. The van der Waals surface area contributed by atoms with Gasteiger partial charge in [-0.25, -0.2) is 0 Å². The Morgan fingerprint density at radius 2 is 1.55 bits per heavy atom. The molecule has 0 spiro atoms. The first-order valence-corrected chi connectivity index (χ1v) is 9.55. The number of hydrogen-bond donors (Lipinski definition) is 7. The van der Waals surface area contributed by atoms with E-state index < -0.39 is 54.6 Å². The smallest absolute Gasteiger partial charge is 0.229 e. The number of phenolic OH excluding ortho intramolecular Hbond substituents is 3. The number of aliphatic hydroxyl groups is 4. The average molecular weight is 436 g/mol. The quantitative estimate of drug-likeness (QED) is 0.288. The lowest BCUT2D eigenvalue weighted by molar-refractivity contribution is -0.277. The van der Waals surface area contributed by atoms with E-state index >= 15 is 0 Å². The highest BCUT2D eigenvalue weighted by Crippen LogP contribution is 2.35. The molecule has 0 aliphatic carbocycles. The molecule has 7 N–H and O–H groups in total. The van der Waals surface area contributed by atoms with Gasteiger partial charge in [0, 0.05) is 18.6 Å². The molecule has 0 unspecified atom stereocenters. The molecule has 0 aromatic heterocycles. The summed E-state index contributed by atoms with van der Waals surface area (Å²) in [5.74, 6) is -1.72. The van der Waals surface area contributed by atoms with Crippen molar-refractivity contribution in [3.63, 3.8) is 0 Å². The number of benzene rings is 2. The lowest BCUT2D eigenvalue weighted by atomic mass is 9.99. The second-order valence-electron chi connectivity index (χ2n) is 7.24. The van der Waals surface area contributed by atoms with Crippen LogP contribution in [0.1, 0.15) is 22.3 Å². The van der Waals surface area contributed by atoms with Crippen LogP contribution in [0.4, 0.5) is 0 Å². The lowest BCUT2D eigenvalue weighted by Crippen LogP contribution is -2.60. The molecule has 1 saturated heterocycles. The molecule has 0 amide bonds. The van der Waals surface area contributed by atoms with Crippen LogP contribution in [0.25, 0.3) is 0 Å². The molecule has 10 heteroatoms. The van der Waals surface area contributed by atoms with E-state index in [1.54, 1.807) is 12.1 Å². The van der Waals surface area contributed by atoms with Gasteiger partial charge in [-0.3, -0.25) is 4.79 Å². The summed E-state index contributed by atoms with van der Waals surface area (Å²) in [6, 6.07) is 8.35. The van der Waals surface area contributed by atoms with Crippen molar-refractivity contribution in [3.8, 4) is 23.0 Å².